The van der Waals surface area contributed by atoms with Crippen molar-refractivity contribution in [1.29, 1.82) is 0 Å². The Hall–Kier alpha value is -2.85. The van der Waals surface area contributed by atoms with Gasteiger partial charge in [-0.3, -0.25) is 4.79 Å². The van der Waals surface area contributed by atoms with Gasteiger partial charge in [0.15, 0.2) is 0 Å². The number of carbonyl (C=O) groups is 1. The Bertz CT molecular complexity index is 878. The predicted octanol–water partition coefficient (Wildman–Crippen LogP) is 5.29. The van der Waals surface area contributed by atoms with Gasteiger partial charge < -0.3 is 10.6 Å². The maximum atomic E-state index is 12.3. The quantitative estimate of drug-likeness (QED) is 0.656. The maximum Gasteiger partial charge on any atom is 0.257 e. The van der Waals surface area contributed by atoms with E-state index in [0.29, 0.717) is 16.3 Å². The van der Waals surface area contributed by atoms with Crippen LogP contribution in [0.2, 0.25) is 5.02 Å². The third-order valence-electron chi connectivity index (χ3n) is 3.80. The number of amides is 1. The van der Waals surface area contributed by atoms with Gasteiger partial charge in [-0.25, -0.2) is 4.98 Å². The number of carbonyl (C=O) groups excluding carboxylic acids is 1. The molecule has 2 N–H and O–H groups in total. The van der Waals surface area contributed by atoms with Crippen LogP contribution in [0.4, 0.5) is 17.2 Å². The molecule has 1 amide bonds. The summed E-state index contributed by atoms with van der Waals surface area (Å²) in [6.07, 6.45) is 2.56. The van der Waals surface area contributed by atoms with Gasteiger partial charge >= 0.3 is 0 Å². The summed E-state index contributed by atoms with van der Waals surface area (Å²) in [5.74, 6) is 0.459. The van der Waals surface area contributed by atoms with Crippen molar-refractivity contribution in [3.05, 3.63) is 83.0 Å². The fraction of sp³-hybridized carbons (Fsp3) is 0.100. The number of nitrogens with zero attached hydrogens (tertiary/aromatic N) is 1. The van der Waals surface area contributed by atoms with E-state index in [0.717, 1.165) is 17.9 Å². The number of hydrogen-bond donors (Lipinski definition) is 2. The van der Waals surface area contributed by atoms with Crippen molar-refractivity contribution in [2.24, 2.45) is 0 Å². The van der Waals surface area contributed by atoms with E-state index in [9.17, 15) is 4.79 Å². The van der Waals surface area contributed by atoms with Crippen LogP contribution < -0.4 is 10.6 Å². The largest absolute Gasteiger partial charge is 0.340 e. The van der Waals surface area contributed by atoms with Gasteiger partial charge in [0.2, 0.25) is 0 Å². The molecular formula is C20H18ClN3O. The lowest BCUT2D eigenvalue weighted by molar-refractivity contribution is 0.102. The molecule has 126 valence electrons. The zero-order valence-corrected chi connectivity index (χ0v) is 14.5. The van der Waals surface area contributed by atoms with E-state index < -0.39 is 0 Å². The molecule has 0 atom stereocenters. The predicted molar refractivity (Wildman–Crippen MR) is 103 cm³/mol. The van der Waals surface area contributed by atoms with E-state index in [1.165, 1.54) is 5.56 Å². The van der Waals surface area contributed by atoms with E-state index in [1.807, 2.05) is 24.3 Å². The van der Waals surface area contributed by atoms with Crippen molar-refractivity contribution in [3.63, 3.8) is 0 Å². The summed E-state index contributed by atoms with van der Waals surface area (Å²) in [7, 11) is 0. The van der Waals surface area contributed by atoms with Crippen molar-refractivity contribution in [2.75, 3.05) is 10.6 Å². The molecule has 0 aliphatic rings. The van der Waals surface area contributed by atoms with E-state index >= 15 is 0 Å². The Morgan fingerprint density at radius 2 is 1.80 bits per heavy atom. The van der Waals surface area contributed by atoms with Gasteiger partial charge in [-0.05, 0) is 42.3 Å². The van der Waals surface area contributed by atoms with Crippen LogP contribution in [0.3, 0.4) is 0 Å². The zero-order chi connectivity index (χ0) is 17.6. The summed E-state index contributed by atoms with van der Waals surface area (Å²) in [5.41, 5.74) is 3.30. The molecule has 0 saturated carbocycles. The molecule has 0 unspecified atom stereocenters. The summed E-state index contributed by atoms with van der Waals surface area (Å²) in [6.45, 7) is 2.11. The number of anilines is 3. The van der Waals surface area contributed by atoms with Gasteiger partial charge in [0.1, 0.15) is 5.82 Å². The summed E-state index contributed by atoms with van der Waals surface area (Å²) < 4.78 is 0. The molecule has 1 heterocycles. The standard InChI is InChI=1S/C20H18ClN3O/c1-2-14-7-3-6-10-18(14)24-19-12-11-15(13-22-19)23-20(25)16-8-4-5-9-17(16)21/h3-13H,2H2,1H3,(H,22,24)(H,23,25). The fourth-order valence-electron chi connectivity index (χ4n) is 2.47. The first kappa shape index (κ1) is 17.0. The normalized spacial score (nSPS) is 10.3. The lowest BCUT2D eigenvalue weighted by Gasteiger charge is -2.11. The second-order valence-electron chi connectivity index (χ2n) is 5.50. The van der Waals surface area contributed by atoms with Crippen molar-refractivity contribution in [2.45, 2.75) is 13.3 Å². The number of benzene rings is 2. The molecular weight excluding hydrogens is 334 g/mol. The van der Waals surface area contributed by atoms with Crippen LogP contribution in [0.5, 0.6) is 0 Å². The maximum absolute atomic E-state index is 12.3. The van der Waals surface area contributed by atoms with Crippen molar-refractivity contribution < 1.29 is 4.79 Å². The number of aryl methyl sites for hydroxylation is 1. The lowest BCUT2D eigenvalue weighted by Crippen LogP contribution is -2.12. The Labute approximate surface area is 151 Å². The molecule has 0 spiro atoms. The number of halogens is 1. The molecule has 3 rings (SSSR count). The third kappa shape index (κ3) is 4.17. The Morgan fingerprint density at radius 1 is 1.04 bits per heavy atom. The molecule has 25 heavy (non-hydrogen) atoms. The highest BCUT2D eigenvalue weighted by atomic mass is 35.5. The van der Waals surface area contributed by atoms with Gasteiger partial charge in [-0.15, -0.1) is 0 Å². The van der Waals surface area contributed by atoms with Crippen LogP contribution in [0.15, 0.2) is 66.9 Å². The van der Waals surface area contributed by atoms with Crippen LogP contribution in [-0.2, 0) is 6.42 Å². The molecule has 3 aromatic rings. The molecule has 0 saturated heterocycles. The molecule has 2 aromatic carbocycles. The first-order valence-corrected chi connectivity index (χ1v) is 8.42. The van der Waals surface area contributed by atoms with Crippen LogP contribution in [0.25, 0.3) is 0 Å². The first-order chi connectivity index (χ1) is 12.2. The molecule has 0 bridgehead atoms. The van der Waals surface area contributed by atoms with Crippen molar-refractivity contribution in [1.82, 2.24) is 4.98 Å². The van der Waals surface area contributed by atoms with Crippen LogP contribution >= 0.6 is 11.6 Å². The van der Waals surface area contributed by atoms with Gasteiger partial charge in [0.25, 0.3) is 5.91 Å². The molecule has 0 aliphatic carbocycles. The number of para-hydroxylation sites is 1. The smallest absolute Gasteiger partial charge is 0.257 e. The Morgan fingerprint density at radius 3 is 2.52 bits per heavy atom. The van der Waals surface area contributed by atoms with Crippen LogP contribution in [0.1, 0.15) is 22.8 Å². The number of rotatable bonds is 5. The molecule has 5 heteroatoms. The average Bonchev–Trinajstić information content (AvgIpc) is 2.64. The Kier molecular flexibility index (Phi) is 5.31. The number of aromatic nitrogens is 1. The molecule has 4 nitrogen and oxygen atoms in total. The summed E-state index contributed by atoms with van der Waals surface area (Å²) in [4.78, 5) is 16.6. The van der Waals surface area contributed by atoms with Gasteiger partial charge in [-0.2, -0.15) is 0 Å². The monoisotopic (exact) mass is 351 g/mol. The topological polar surface area (TPSA) is 54.0 Å². The van der Waals surface area contributed by atoms with E-state index in [2.05, 4.69) is 28.6 Å². The highest BCUT2D eigenvalue weighted by Gasteiger charge is 2.10. The average molecular weight is 352 g/mol. The van der Waals surface area contributed by atoms with Crippen molar-refractivity contribution >= 4 is 34.7 Å². The third-order valence-corrected chi connectivity index (χ3v) is 4.13. The van der Waals surface area contributed by atoms with E-state index in [1.54, 1.807) is 36.5 Å². The molecule has 0 radical (unpaired) electrons. The second-order valence-corrected chi connectivity index (χ2v) is 5.91. The number of pyridine rings is 1. The van der Waals surface area contributed by atoms with E-state index in [4.69, 9.17) is 11.6 Å². The summed E-state index contributed by atoms with van der Waals surface area (Å²) in [5, 5.41) is 6.52. The lowest BCUT2D eigenvalue weighted by atomic mass is 10.1. The fourth-order valence-corrected chi connectivity index (χ4v) is 2.70. The highest BCUT2D eigenvalue weighted by Crippen LogP contribution is 2.21. The molecule has 0 aliphatic heterocycles. The molecule has 1 aromatic heterocycles. The number of nitrogens with one attached hydrogen (secondary N) is 2. The minimum absolute atomic E-state index is 0.260. The van der Waals surface area contributed by atoms with Crippen molar-refractivity contribution in [3.8, 4) is 0 Å². The second kappa shape index (κ2) is 7.81. The zero-order valence-electron chi connectivity index (χ0n) is 13.8. The highest BCUT2D eigenvalue weighted by molar-refractivity contribution is 6.34. The SMILES string of the molecule is CCc1ccccc1Nc1ccc(NC(=O)c2ccccc2Cl)cn1. The summed E-state index contributed by atoms with van der Waals surface area (Å²) in [6, 6.07) is 18.7. The molecule has 0 fully saturated rings. The van der Waals surface area contributed by atoms with Gasteiger partial charge in [-0.1, -0.05) is 48.9 Å². The minimum Gasteiger partial charge on any atom is -0.340 e. The first-order valence-electron chi connectivity index (χ1n) is 8.04. The minimum atomic E-state index is -0.260. The van der Waals surface area contributed by atoms with Crippen LogP contribution in [-0.4, -0.2) is 10.9 Å². The summed E-state index contributed by atoms with van der Waals surface area (Å²) >= 11 is 6.04. The Balaban J connectivity index is 1.70. The van der Waals surface area contributed by atoms with Gasteiger partial charge in [0, 0.05) is 5.69 Å². The van der Waals surface area contributed by atoms with Crippen LogP contribution in [0, 0.1) is 0 Å². The van der Waals surface area contributed by atoms with E-state index in [-0.39, 0.29) is 5.91 Å². The van der Waals surface area contributed by atoms with Gasteiger partial charge in [0.05, 0.1) is 22.5 Å². The number of hydrogen-bond acceptors (Lipinski definition) is 3.